The fraction of sp³-hybridized carbons (Fsp3) is 0.385. The van der Waals surface area contributed by atoms with Crippen molar-refractivity contribution in [2.45, 2.75) is 25.9 Å². The molecule has 0 saturated carbocycles. The van der Waals surface area contributed by atoms with E-state index in [1.165, 1.54) is 5.56 Å². The molecule has 1 atom stereocenters. The molecule has 4 nitrogen and oxygen atoms in total. The van der Waals surface area contributed by atoms with Gasteiger partial charge in [0.25, 0.3) is 0 Å². The highest BCUT2D eigenvalue weighted by molar-refractivity contribution is 5.13. The number of hydrogen-bond acceptors (Lipinski definition) is 3. The van der Waals surface area contributed by atoms with Crippen LogP contribution in [0.4, 0.5) is 0 Å². The fourth-order valence-electron chi connectivity index (χ4n) is 1.77. The number of aryl methyl sites for hydroxylation is 1. The van der Waals surface area contributed by atoms with Crippen LogP contribution in [-0.4, -0.2) is 21.1 Å². The van der Waals surface area contributed by atoms with Gasteiger partial charge in [-0.05, 0) is 37.6 Å². The molecule has 0 amide bonds. The minimum absolute atomic E-state index is 0.376. The van der Waals surface area contributed by atoms with Gasteiger partial charge >= 0.3 is 0 Å². The van der Waals surface area contributed by atoms with E-state index in [-0.39, 0.29) is 0 Å². The zero-order valence-electron chi connectivity index (χ0n) is 10.1. The van der Waals surface area contributed by atoms with Crippen molar-refractivity contribution in [2.75, 3.05) is 6.54 Å². The molecule has 0 aliphatic rings. The van der Waals surface area contributed by atoms with Crippen molar-refractivity contribution in [2.24, 2.45) is 0 Å². The van der Waals surface area contributed by atoms with Gasteiger partial charge in [-0.1, -0.05) is 0 Å². The molecule has 0 fully saturated rings. The average molecular weight is 230 g/mol. The molecule has 2 heterocycles. The monoisotopic (exact) mass is 230 g/mol. The van der Waals surface area contributed by atoms with Crippen LogP contribution in [-0.2, 0) is 6.54 Å². The number of rotatable bonds is 6. The Kier molecular flexibility index (Phi) is 4.27. The van der Waals surface area contributed by atoms with Crippen LogP contribution >= 0.6 is 0 Å². The van der Waals surface area contributed by atoms with E-state index in [1.54, 1.807) is 0 Å². The minimum Gasteiger partial charge on any atom is -0.337 e. The van der Waals surface area contributed by atoms with Crippen LogP contribution in [0.5, 0.6) is 0 Å². The van der Waals surface area contributed by atoms with Crippen molar-refractivity contribution in [3.05, 3.63) is 48.8 Å². The Morgan fingerprint density at radius 3 is 2.76 bits per heavy atom. The maximum atomic E-state index is 4.02. The van der Waals surface area contributed by atoms with Gasteiger partial charge in [0.1, 0.15) is 0 Å². The molecular formula is C13H18N4. The van der Waals surface area contributed by atoms with E-state index >= 15 is 0 Å². The lowest BCUT2D eigenvalue weighted by atomic mass is 10.1. The SMILES string of the molecule is C[C@@H](NCCCn1ccnc1)c1ccncc1. The highest BCUT2D eigenvalue weighted by Gasteiger charge is 2.02. The Hall–Kier alpha value is -1.68. The molecule has 2 aromatic rings. The number of hydrogen-bond donors (Lipinski definition) is 1. The van der Waals surface area contributed by atoms with Crippen LogP contribution < -0.4 is 5.32 Å². The summed E-state index contributed by atoms with van der Waals surface area (Å²) in [5.74, 6) is 0. The van der Waals surface area contributed by atoms with Crippen LogP contribution in [0.2, 0.25) is 0 Å². The van der Waals surface area contributed by atoms with Crippen molar-refractivity contribution in [3.63, 3.8) is 0 Å². The van der Waals surface area contributed by atoms with Crippen molar-refractivity contribution in [3.8, 4) is 0 Å². The Balaban J connectivity index is 1.68. The molecule has 0 saturated heterocycles. The van der Waals surface area contributed by atoms with Gasteiger partial charge in [-0.15, -0.1) is 0 Å². The molecule has 4 heteroatoms. The first-order chi connectivity index (χ1) is 8.36. The van der Waals surface area contributed by atoms with Crippen LogP contribution in [0.1, 0.15) is 24.9 Å². The molecule has 0 spiro atoms. The van der Waals surface area contributed by atoms with Crippen LogP contribution in [0, 0.1) is 0 Å². The van der Waals surface area contributed by atoms with Crippen molar-refractivity contribution in [1.82, 2.24) is 19.9 Å². The quantitative estimate of drug-likeness (QED) is 0.772. The van der Waals surface area contributed by atoms with Gasteiger partial charge in [0.2, 0.25) is 0 Å². The summed E-state index contributed by atoms with van der Waals surface area (Å²) < 4.78 is 2.10. The molecule has 90 valence electrons. The zero-order chi connectivity index (χ0) is 11.9. The van der Waals surface area contributed by atoms with E-state index in [9.17, 15) is 0 Å². The summed E-state index contributed by atoms with van der Waals surface area (Å²) in [4.78, 5) is 8.04. The first-order valence-electron chi connectivity index (χ1n) is 5.95. The lowest BCUT2D eigenvalue weighted by Gasteiger charge is -2.13. The number of nitrogens with zero attached hydrogens (tertiary/aromatic N) is 3. The van der Waals surface area contributed by atoms with E-state index in [1.807, 2.05) is 43.2 Å². The maximum Gasteiger partial charge on any atom is 0.0945 e. The Morgan fingerprint density at radius 2 is 2.06 bits per heavy atom. The summed E-state index contributed by atoms with van der Waals surface area (Å²) in [6.07, 6.45) is 10.4. The van der Waals surface area contributed by atoms with Crippen molar-refractivity contribution in [1.29, 1.82) is 0 Å². The van der Waals surface area contributed by atoms with E-state index < -0.39 is 0 Å². The van der Waals surface area contributed by atoms with Gasteiger partial charge in [0.05, 0.1) is 6.33 Å². The van der Waals surface area contributed by atoms with Crippen LogP contribution in [0.3, 0.4) is 0 Å². The summed E-state index contributed by atoms with van der Waals surface area (Å²) in [6, 6.07) is 4.47. The maximum absolute atomic E-state index is 4.02. The topological polar surface area (TPSA) is 42.7 Å². The summed E-state index contributed by atoms with van der Waals surface area (Å²) in [5.41, 5.74) is 1.28. The predicted molar refractivity (Wildman–Crippen MR) is 67.5 cm³/mol. The molecular weight excluding hydrogens is 212 g/mol. The predicted octanol–water partition coefficient (Wildman–Crippen LogP) is 2.02. The zero-order valence-corrected chi connectivity index (χ0v) is 10.1. The van der Waals surface area contributed by atoms with Gasteiger partial charge in [0.15, 0.2) is 0 Å². The van der Waals surface area contributed by atoms with E-state index in [0.717, 1.165) is 19.5 Å². The number of nitrogens with one attached hydrogen (secondary N) is 1. The second-order valence-corrected chi connectivity index (χ2v) is 4.11. The molecule has 0 radical (unpaired) electrons. The van der Waals surface area contributed by atoms with E-state index in [4.69, 9.17) is 0 Å². The van der Waals surface area contributed by atoms with Crippen LogP contribution in [0.15, 0.2) is 43.2 Å². The molecule has 2 rings (SSSR count). The Labute approximate surface area is 102 Å². The standard InChI is InChI=1S/C13H18N4/c1-12(13-3-6-14-7-4-13)16-5-2-9-17-10-8-15-11-17/h3-4,6-8,10-12,16H,2,5,9H2,1H3/t12-/m1/s1. The lowest BCUT2D eigenvalue weighted by molar-refractivity contribution is 0.526. The van der Waals surface area contributed by atoms with Gasteiger partial charge < -0.3 is 9.88 Å². The second-order valence-electron chi connectivity index (χ2n) is 4.11. The summed E-state index contributed by atoms with van der Waals surface area (Å²) in [7, 11) is 0. The molecule has 0 aliphatic heterocycles. The average Bonchev–Trinajstić information content (AvgIpc) is 2.88. The van der Waals surface area contributed by atoms with Crippen LogP contribution in [0.25, 0.3) is 0 Å². The second kappa shape index (κ2) is 6.15. The Bertz CT molecular complexity index is 410. The van der Waals surface area contributed by atoms with Crippen molar-refractivity contribution >= 4 is 0 Å². The minimum atomic E-state index is 0.376. The molecule has 0 aliphatic carbocycles. The number of aromatic nitrogens is 3. The van der Waals surface area contributed by atoms with Gasteiger partial charge in [-0.2, -0.15) is 0 Å². The normalized spacial score (nSPS) is 12.5. The first-order valence-corrected chi connectivity index (χ1v) is 5.95. The largest absolute Gasteiger partial charge is 0.337 e. The lowest BCUT2D eigenvalue weighted by Crippen LogP contribution is -2.20. The third-order valence-electron chi connectivity index (χ3n) is 2.81. The smallest absolute Gasteiger partial charge is 0.0945 e. The fourth-order valence-corrected chi connectivity index (χ4v) is 1.77. The third-order valence-corrected chi connectivity index (χ3v) is 2.81. The molecule has 0 aromatic carbocycles. The Morgan fingerprint density at radius 1 is 1.24 bits per heavy atom. The highest BCUT2D eigenvalue weighted by Crippen LogP contribution is 2.09. The van der Waals surface area contributed by atoms with Gasteiger partial charge in [-0.3, -0.25) is 4.98 Å². The number of pyridine rings is 1. The molecule has 0 unspecified atom stereocenters. The first kappa shape index (κ1) is 11.8. The van der Waals surface area contributed by atoms with E-state index in [2.05, 4.69) is 26.8 Å². The summed E-state index contributed by atoms with van der Waals surface area (Å²) in [6.45, 7) is 4.18. The van der Waals surface area contributed by atoms with Gasteiger partial charge in [0, 0.05) is 37.4 Å². The summed E-state index contributed by atoms with van der Waals surface area (Å²) >= 11 is 0. The van der Waals surface area contributed by atoms with Gasteiger partial charge in [-0.25, -0.2) is 4.98 Å². The summed E-state index contributed by atoms with van der Waals surface area (Å²) in [5, 5.41) is 3.50. The number of imidazole rings is 1. The third kappa shape index (κ3) is 3.67. The molecule has 17 heavy (non-hydrogen) atoms. The highest BCUT2D eigenvalue weighted by atomic mass is 15.0. The van der Waals surface area contributed by atoms with Crippen molar-refractivity contribution < 1.29 is 0 Å². The molecule has 0 bridgehead atoms. The molecule has 1 N–H and O–H groups in total. The van der Waals surface area contributed by atoms with E-state index in [0.29, 0.717) is 6.04 Å². The molecule has 2 aromatic heterocycles.